The molecule has 0 heterocycles. The van der Waals surface area contributed by atoms with Gasteiger partial charge in [-0.2, -0.15) is 0 Å². The Hall–Kier alpha value is -0.720. The first-order valence-corrected chi connectivity index (χ1v) is 7.88. The maximum atomic E-state index is 11.2. The Morgan fingerprint density at radius 1 is 1.29 bits per heavy atom. The van der Waals surface area contributed by atoms with E-state index in [0.29, 0.717) is 11.6 Å². The lowest BCUT2D eigenvalue weighted by Crippen LogP contribution is -2.12. The molecule has 0 fully saturated rings. The maximum Gasteiger partial charge on any atom is 0.238 e. The number of sulfonamides is 1. The largest absolute Gasteiger partial charge is 0.399 e. The average Bonchev–Trinajstić information content (AvgIpc) is 2.14. The van der Waals surface area contributed by atoms with E-state index in [9.17, 15) is 8.42 Å². The molecule has 0 aliphatic heterocycles. The van der Waals surface area contributed by atoms with Crippen LogP contribution in [0.5, 0.6) is 0 Å². The van der Waals surface area contributed by atoms with Gasteiger partial charge in [-0.25, -0.2) is 13.6 Å². The van der Waals surface area contributed by atoms with Crippen molar-refractivity contribution in [3.63, 3.8) is 0 Å². The van der Waals surface area contributed by atoms with Gasteiger partial charge in [0.25, 0.3) is 0 Å². The molecule has 1 rings (SSSR count). The summed E-state index contributed by atoms with van der Waals surface area (Å²) in [6, 6.07) is 4.71. The fourth-order valence-corrected chi connectivity index (χ4v) is 3.17. The number of benzene rings is 1. The highest BCUT2D eigenvalue weighted by atomic mass is 32.2. The second-order valence-electron chi connectivity index (χ2n) is 4.31. The van der Waals surface area contributed by atoms with E-state index in [1.165, 1.54) is 6.07 Å². The average molecular weight is 274 g/mol. The number of hydrogen-bond donors (Lipinski definition) is 2. The minimum absolute atomic E-state index is 0.0737. The highest BCUT2D eigenvalue weighted by Gasteiger charge is 2.10. The number of anilines is 1. The molecule has 0 radical (unpaired) electrons. The summed E-state index contributed by atoms with van der Waals surface area (Å²) in [6.07, 6.45) is 1.07. The van der Waals surface area contributed by atoms with Crippen molar-refractivity contribution in [1.29, 1.82) is 0 Å². The molecule has 4 N–H and O–H groups in total. The van der Waals surface area contributed by atoms with E-state index in [4.69, 9.17) is 10.9 Å². The molecule has 0 aliphatic rings. The monoisotopic (exact) mass is 274 g/mol. The molecule has 0 spiro atoms. The molecule has 0 bridgehead atoms. The van der Waals surface area contributed by atoms with Crippen LogP contribution in [0.1, 0.15) is 20.3 Å². The summed E-state index contributed by atoms with van der Waals surface area (Å²) in [4.78, 5) is 0.916. The van der Waals surface area contributed by atoms with Gasteiger partial charge in [0, 0.05) is 10.6 Å². The van der Waals surface area contributed by atoms with Crippen molar-refractivity contribution in [3.8, 4) is 0 Å². The van der Waals surface area contributed by atoms with Gasteiger partial charge in [-0.15, -0.1) is 11.8 Å². The Bertz CT molecular complexity index is 484. The molecule has 1 aromatic carbocycles. The Balaban J connectivity index is 2.84. The van der Waals surface area contributed by atoms with E-state index < -0.39 is 10.0 Å². The van der Waals surface area contributed by atoms with Crippen LogP contribution in [0, 0.1) is 5.92 Å². The highest BCUT2D eigenvalue weighted by Crippen LogP contribution is 2.25. The molecule has 6 heteroatoms. The topological polar surface area (TPSA) is 86.2 Å². The first kappa shape index (κ1) is 14.3. The van der Waals surface area contributed by atoms with Gasteiger partial charge in [0.1, 0.15) is 0 Å². The second kappa shape index (κ2) is 5.75. The normalized spacial score (nSPS) is 12.0. The molecule has 1 aromatic rings. The molecule has 0 aliphatic carbocycles. The predicted octanol–water partition coefficient (Wildman–Crippen LogP) is 2.05. The van der Waals surface area contributed by atoms with E-state index in [0.717, 1.165) is 17.1 Å². The first-order valence-electron chi connectivity index (χ1n) is 5.35. The summed E-state index contributed by atoms with van der Waals surface area (Å²) >= 11 is 1.59. The lowest BCUT2D eigenvalue weighted by molar-refractivity contribution is 0.597. The SMILES string of the molecule is CC(C)CCSc1cc(N)cc(S(N)(=O)=O)c1. The fraction of sp³-hybridized carbons (Fsp3) is 0.455. The van der Waals surface area contributed by atoms with Crippen molar-refractivity contribution in [2.75, 3.05) is 11.5 Å². The summed E-state index contributed by atoms with van der Waals surface area (Å²) in [5.41, 5.74) is 6.07. The first-order chi connectivity index (χ1) is 7.79. The van der Waals surface area contributed by atoms with E-state index in [-0.39, 0.29) is 4.90 Å². The molecule has 0 amide bonds. The zero-order valence-electron chi connectivity index (χ0n) is 10.0. The summed E-state index contributed by atoms with van der Waals surface area (Å²) in [7, 11) is -3.68. The minimum Gasteiger partial charge on any atom is -0.399 e. The molecule has 4 nitrogen and oxygen atoms in total. The quantitative estimate of drug-likeness (QED) is 0.635. The van der Waals surface area contributed by atoms with Crippen LogP contribution in [0.4, 0.5) is 5.69 Å². The molecule has 0 unspecified atom stereocenters. The van der Waals surface area contributed by atoms with Gasteiger partial charge in [0.15, 0.2) is 0 Å². The van der Waals surface area contributed by atoms with Gasteiger partial charge < -0.3 is 5.73 Å². The Labute approximate surface area is 107 Å². The minimum atomic E-state index is -3.68. The third-order valence-electron chi connectivity index (χ3n) is 2.19. The summed E-state index contributed by atoms with van der Waals surface area (Å²) < 4.78 is 22.5. The van der Waals surface area contributed by atoms with Crippen molar-refractivity contribution >= 4 is 27.5 Å². The Kier molecular flexibility index (Phi) is 4.85. The molecule has 0 aromatic heterocycles. The predicted molar refractivity (Wildman–Crippen MR) is 72.4 cm³/mol. The van der Waals surface area contributed by atoms with E-state index >= 15 is 0 Å². The molecule has 0 saturated carbocycles. The molecular formula is C11H18N2O2S2. The van der Waals surface area contributed by atoms with Gasteiger partial charge in [-0.05, 0) is 36.3 Å². The van der Waals surface area contributed by atoms with E-state index in [1.807, 2.05) is 0 Å². The van der Waals surface area contributed by atoms with Crippen LogP contribution in [-0.4, -0.2) is 14.2 Å². The number of rotatable bonds is 5. The number of nitrogens with two attached hydrogens (primary N) is 2. The third kappa shape index (κ3) is 4.97. The van der Waals surface area contributed by atoms with Gasteiger partial charge >= 0.3 is 0 Å². The van der Waals surface area contributed by atoms with Crippen molar-refractivity contribution < 1.29 is 8.42 Å². The number of nitrogen functional groups attached to an aromatic ring is 1. The van der Waals surface area contributed by atoms with E-state index in [2.05, 4.69) is 13.8 Å². The van der Waals surface area contributed by atoms with Gasteiger partial charge in [-0.1, -0.05) is 13.8 Å². The smallest absolute Gasteiger partial charge is 0.238 e. The second-order valence-corrected chi connectivity index (χ2v) is 7.04. The maximum absolute atomic E-state index is 11.2. The summed E-state index contributed by atoms with van der Waals surface area (Å²) in [5, 5.41) is 5.08. The van der Waals surface area contributed by atoms with Crippen molar-refractivity contribution in [1.82, 2.24) is 0 Å². The van der Waals surface area contributed by atoms with Gasteiger partial charge in [-0.3, -0.25) is 0 Å². The zero-order chi connectivity index (χ0) is 13.1. The molecule has 17 heavy (non-hydrogen) atoms. The van der Waals surface area contributed by atoms with Crippen LogP contribution < -0.4 is 10.9 Å². The number of primary sulfonamides is 1. The molecule has 0 saturated heterocycles. The van der Waals surface area contributed by atoms with Crippen LogP contribution >= 0.6 is 11.8 Å². The summed E-state index contributed by atoms with van der Waals surface area (Å²) in [6.45, 7) is 4.30. The van der Waals surface area contributed by atoms with Crippen LogP contribution in [-0.2, 0) is 10.0 Å². The highest BCUT2D eigenvalue weighted by molar-refractivity contribution is 7.99. The van der Waals surface area contributed by atoms with Crippen molar-refractivity contribution in [2.45, 2.75) is 30.1 Å². The lowest BCUT2D eigenvalue weighted by Gasteiger charge is -2.07. The van der Waals surface area contributed by atoms with Crippen LogP contribution in [0.2, 0.25) is 0 Å². The fourth-order valence-electron chi connectivity index (χ4n) is 1.25. The Morgan fingerprint density at radius 3 is 2.47 bits per heavy atom. The summed E-state index contributed by atoms with van der Waals surface area (Å²) in [5.74, 6) is 1.56. The lowest BCUT2D eigenvalue weighted by atomic mass is 10.2. The standard InChI is InChI=1S/C11H18N2O2S2/c1-8(2)3-4-16-10-5-9(12)6-11(7-10)17(13,14)15/h5-8H,3-4,12H2,1-2H3,(H2,13,14,15). The van der Waals surface area contributed by atoms with Crippen LogP contribution in [0.15, 0.2) is 28.0 Å². The van der Waals surface area contributed by atoms with Crippen LogP contribution in [0.3, 0.4) is 0 Å². The number of thioether (sulfide) groups is 1. The molecule has 96 valence electrons. The molecular weight excluding hydrogens is 256 g/mol. The zero-order valence-corrected chi connectivity index (χ0v) is 11.6. The van der Waals surface area contributed by atoms with E-state index in [1.54, 1.807) is 23.9 Å². The van der Waals surface area contributed by atoms with Crippen molar-refractivity contribution in [3.05, 3.63) is 18.2 Å². The Morgan fingerprint density at radius 2 is 1.94 bits per heavy atom. The van der Waals surface area contributed by atoms with Gasteiger partial charge in [0.05, 0.1) is 4.90 Å². The number of hydrogen-bond acceptors (Lipinski definition) is 4. The van der Waals surface area contributed by atoms with Crippen LogP contribution in [0.25, 0.3) is 0 Å². The molecule has 0 atom stereocenters. The van der Waals surface area contributed by atoms with Gasteiger partial charge in [0.2, 0.25) is 10.0 Å². The third-order valence-corrected chi connectivity index (χ3v) is 4.10. The van der Waals surface area contributed by atoms with Crippen molar-refractivity contribution in [2.24, 2.45) is 11.1 Å².